The lowest BCUT2D eigenvalue weighted by Crippen LogP contribution is -2.21. The third-order valence-corrected chi connectivity index (χ3v) is 5.97. The van der Waals surface area contributed by atoms with Gasteiger partial charge in [0.25, 0.3) is 0 Å². The standard InChI is InChI=1S/C24H29N3O2/c1-28-22-15-19-21(16-23(22)29-14-6-13-27-11-4-5-12-27)26-20-8-3-2-7-18(20)24(19)25-17-9-10-17/h2-3,7-8,15-17H,4-6,9-14H2,1H3,(H,25,26). The molecule has 152 valence electrons. The Morgan fingerprint density at radius 1 is 1.03 bits per heavy atom. The molecule has 0 unspecified atom stereocenters. The van der Waals surface area contributed by atoms with Gasteiger partial charge in [-0.1, -0.05) is 18.2 Å². The monoisotopic (exact) mass is 391 g/mol. The fraction of sp³-hybridized carbons (Fsp3) is 0.458. The van der Waals surface area contributed by atoms with Crippen molar-refractivity contribution >= 4 is 27.5 Å². The number of methoxy groups -OCH3 is 1. The van der Waals surface area contributed by atoms with Crippen molar-refractivity contribution in [3.05, 3.63) is 36.4 Å². The second-order valence-corrected chi connectivity index (χ2v) is 8.19. The molecule has 1 saturated heterocycles. The van der Waals surface area contributed by atoms with E-state index in [1.807, 2.05) is 12.1 Å². The van der Waals surface area contributed by atoms with Crippen LogP contribution in [0.1, 0.15) is 32.1 Å². The van der Waals surface area contributed by atoms with E-state index < -0.39 is 0 Å². The predicted molar refractivity (Wildman–Crippen MR) is 118 cm³/mol. The summed E-state index contributed by atoms with van der Waals surface area (Å²) in [6.45, 7) is 4.26. The minimum atomic E-state index is 0.566. The fourth-order valence-corrected chi connectivity index (χ4v) is 4.24. The lowest BCUT2D eigenvalue weighted by Gasteiger charge is -2.17. The first kappa shape index (κ1) is 18.5. The molecule has 2 heterocycles. The first-order valence-corrected chi connectivity index (χ1v) is 10.8. The molecule has 1 aliphatic carbocycles. The maximum absolute atomic E-state index is 6.13. The highest BCUT2D eigenvalue weighted by molar-refractivity contribution is 6.08. The number of hydrogen-bond acceptors (Lipinski definition) is 5. The zero-order valence-corrected chi connectivity index (χ0v) is 17.1. The molecule has 1 aliphatic heterocycles. The van der Waals surface area contributed by atoms with Crippen LogP contribution in [0.25, 0.3) is 21.8 Å². The van der Waals surface area contributed by atoms with Gasteiger partial charge in [0.05, 0.1) is 30.4 Å². The number of fused-ring (bicyclic) bond motifs is 2. The van der Waals surface area contributed by atoms with Crippen LogP contribution in [0.2, 0.25) is 0 Å². The average molecular weight is 392 g/mol. The molecule has 5 nitrogen and oxygen atoms in total. The lowest BCUT2D eigenvalue weighted by atomic mass is 10.1. The van der Waals surface area contributed by atoms with Gasteiger partial charge in [-0.3, -0.25) is 0 Å². The molecule has 2 aromatic carbocycles. The summed E-state index contributed by atoms with van der Waals surface area (Å²) in [6, 6.07) is 13.0. The van der Waals surface area contributed by atoms with Crippen LogP contribution in [-0.4, -0.2) is 49.3 Å². The highest BCUT2D eigenvalue weighted by Crippen LogP contribution is 2.40. The molecule has 1 saturated carbocycles. The molecule has 1 N–H and O–H groups in total. The number of nitrogens with zero attached hydrogens (tertiary/aromatic N) is 2. The minimum absolute atomic E-state index is 0.566. The van der Waals surface area contributed by atoms with Gasteiger partial charge < -0.3 is 19.7 Å². The quantitative estimate of drug-likeness (QED) is 0.440. The first-order chi connectivity index (χ1) is 14.3. The van der Waals surface area contributed by atoms with Crippen molar-refractivity contribution < 1.29 is 9.47 Å². The van der Waals surface area contributed by atoms with Gasteiger partial charge in [0.15, 0.2) is 11.5 Å². The van der Waals surface area contributed by atoms with Crippen molar-refractivity contribution in [2.75, 3.05) is 38.7 Å². The number of hydrogen-bond donors (Lipinski definition) is 1. The Morgan fingerprint density at radius 2 is 1.86 bits per heavy atom. The van der Waals surface area contributed by atoms with E-state index in [1.54, 1.807) is 7.11 Å². The highest BCUT2D eigenvalue weighted by Gasteiger charge is 2.23. The molecular weight excluding hydrogens is 362 g/mol. The molecule has 0 amide bonds. The summed E-state index contributed by atoms with van der Waals surface area (Å²) in [7, 11) is 1.71. The van der Waals surface area contributed by atoms with Crippen LogP contribution < -0.4 is 14.8 Å². The van der Waals surface area contributed by atoms with Crippen LogP contribution in [0.5, 0.6) is 11.5 Å². The molecule has 29 heavy (non-hydrogen) atoms. The fourth-order valence-electron chi connectivity index (χ4n) is 4.24. The third-order valence-electron chi connectivity index (χ3n) is 5.97. The second-order valence-electron chi connectivity index (χ2n) is 8.19. The van der Waals surface area contributed by atoms with Crippen molar-refractivity contribution in [3.63, 3.8) is 0 Å². The summed E-state index contributed by atoms with van der Waals surface area (Å²) in [5.74, 6) is 1.55. The van der Waals surface area contributed by atoms with Gasteiger partial charge in [0, 0.05) is 29.4 Å². The van der Waals surface area contributed by atoms with E-state index in [4.69, 9.17) is 14.5 Å². The number of anilines is 1. The number of aromatic nitrogens is 1. The summed E-state index contributed by atoms with van der Waals surface area (Å²) in [4.78, 5) is 7.43. The number of benzene rings is 2. The topological polar surface area (TPSA) is 46.6 Å². The van der Waals surface area contributed by atoms with Gasteiger partial charge in [0.1, 0.15) is 0 Å². The number of para-hydroxylation sites is 1. The Bertz CT molecular complexity index is 1010. The maximum Gasteiger partial charge on any atom is 0.163 e. The molecule has 3 aromatic rings. The Balaban J connectivity index is 1.44. The Hall–Kier alpha value is -2.53. The average Bonchev–Trinajstić information content (AvgIpc) is 3.42. The minimum Gasteiger partial charge on any atom is -0.493 e. The van der Waals surface area contributed by atoms with E-state index in [1.165, 1.54) is 38.8 Å². The van der Waals surface area contributed by atoms with Crippen molar-refractivity contribution in [2.45, 2.75) is 38.1 Å². The molecule has 2 fully saturated rings. The third kappa shape index (κ3) is 3.97. The summed E-state index contributed by atoms with van der Waals surface area (Å²) in [5.41, 5.74) is 3.11. The molecule has 0 atom stereocenters. The number of rotatable bonds is 8. The molecule has 1 aromatic heterocycles. The smallest absolute Gasteiger partial charge is 0.163 e. The summed E-state index contributed by atoms with van der Waals surface area (Å²) in [6.07, 6.45) is 6.15. The Kier molecular flexibility index (Phi) is 5.15. The Morgan fingerprint density at radius 3 is 2.66 bits per heavy atom. The van der Waals surface area contributed by atoms with E-state index in [-0.39, 0.29) is 0 Å². The van der Waals surface area contributed by atoms with E-state index >= 15 is 0 Å². The van der Waals surface area contributed by atoms with Crippen molar-refractivity contribution in [3.8, 4) is 11.5 Å². The van der Waals surface area contributed by atoms with Gasteiger partial charge in [-0.25, -0.2) is 4.98 Å². The van der Waals surface area contributed by atoms with Gasteiger partial charge in [0.2, 0.25) is 0 Å². The number of pyridine rings is 1. The second kappa shape index (κ2) is 8.07. The molecule has 0 radical (unpaired) electrons. The lowest BCUT2D eigenvalue weighted by molar-refractivity contribution is 0.254. The number of ether oxygens (including phenoxy) is 2. The van der Waals surface area contributed by atoms with E-state index in [0.29, 0.717) is 12.6 Å². The molecule has 5 rings (SSSR count). The molecular formula is C24H29N3O2. The van der Waals surface area contributed by atoms with Gasteiger partial charge in [-0.15, -0.1) is 0 Å². The molecule has 2 aliphatic rings. The van der Waals surface area contributed by atoms with Crippen LogP contribution in [0.4, 0.5) is 5.69 Å². The van der Waals surface area contributed by atoms with Crippen molar-refractivity contribution in [1.29, 1.82) is 0 Å². The summed E-state index contributed by atoms with van der Waals surface area (Å²) >= 11 is 0. The Labute approximate surface area is 172 Å². The van der Waals surface area contributed by atoms with E-state index in [0.717, 1.165) is 52.0 Å². The van der Waals surface area contributed by atoms with Crippen LogP contribution in [0.15, 0.2) is 36.4 Å². The number of likely N-dealkylation sites (tertiary alicyclic amines) is 1. The molecule has 5 heteroatoms. The predicted octanol–water partition coefficient (Wildman–Crippen LogP) is 4.84. The van der Waals surface area contributed by atoms with Crippen LogP contribution in [-0.2, 0) is 0 Å². The van der Waals surface area contributed by atoms with E-state index in [2.05, 4.69) is 34.5 Å². The van der Waals surface area contributed by atoms with Crippen molar-refractivity contribution in [2.24, 2.45) is 0 Å². The number of nitrogens with one attached hydrogen (secondary N) is 1. The molecule has 0 spiro atoms. The van der Waals surface area contributed by atoms with Crippen LogP contribution in [0, 0.1) is 0 Å². The first-order valence-electron chi connectivity index (χ1n) is 10.8. The SMILES string of the molecule is COc1cc2c(NC3CC3)c3ccccc3nc2cc1OCCCN1CCCC1. The van der Waals surface area contributed by atoms with Gasteiger partial charge in [-0.05, 0) is 57.3 Å². The van der Waals surface area contributed by atoms with Crippen LogP contribution in [0.3, 0.4) is 0 Å². The maximum atomic E-state index is 6.13. The van der Waals surface area contributed by atoms with E-state index in [9.17, 15) is 0 Å². The summed E-state index contributed by atoms with van der Waals surface area (Å²) in [5, 5.41) is 5.97. The van der Waals surface area contributed by atoms with Gasteiger partial charge in [-0.2, -0.15) is 0 Å². The van der Waals surface area contributed by atoms with Crippen molar-refractivity contribution in [1.82, 2.24) is 9.88 Å². The normalized spacial score (nSPS) is 17.1. The summed E-state index contributed by atoms with van der Waals surface area (Å²) < 4.78 is 11.8. The highest BCUT2D eigenvalue weighted by atomic mass is 16.5. The molecule has 0 bridgehead atoms. The van der Waals surface area contributed by atoms with Gasteiger partial charge >= 0.3 is 0 Å². The largest absolute Gasteiger partial charge is 0.493 e. The zero-order valence-electron chi connectivity index (χ0n) is 17.1. The van der Waals surface area contributed by atoms with Crippen LogP contribution >= 0.6 is 0 Å². The zero-order chi connectivity index (χ0) is 19.6.